The van der Waals surface area contributed by atoms with Crippen LogP contribution >= 0.6 is 0 Å². The average Bonchev–Trinajstić information content (AvgIpc) is 3.72. The van der Waals surface area contributed by atoms with Gasteiger partial charge in [0.2, 0.25) is 0 Å². The van der Waals surface area contributed by atoms with Gasteiger partial charge in [0.1, 0.15) is 0 Å². The van der Waals surface area contributed by atoms with Crippen molar-refractivity contribution in [3.8, 4) is 16.8 Å². The van der Waals surface area contributed by atoms with E-state index in [2.05, 4.69) is 206 Å². The van der Waals surface area contributed by atoms with Crippen LogP contribution in [0, 0.1) is 13.8 Å². The molecule has 2 heterocycles. The minimum atomic E-state index is 0.843. The molecule has 0 radical (unpaired) electrons. The molecule has 0 fully saturated rings. The first kappa shape index (κ1) is 32.3. The van der Waals surface area contributed by atoms with Crippen molar-refractivity contribution < 1.29 is 0 Å². The summed E-state index contributed by atoms with van der Waals surface area (Å²) in [7, 11) is 0. The van der Waals surface area contributed by atoms with Crippen LogP contribution in [0.15, 0.2) is 189 Å². The van der Waals surface area contributed by atoms with Crippen LogP contribution in [0.4, 0.5) is 0 Å². The fourth-order valence-corrected chi connectivity index (χ4v) is 7.77. The van der Waals surface area contributed by atoms with E-state index in [1.165, 1.54) is 77.2 Å². The lowest BCUT2D eigenvalue weighted by Crippen LogP contribution is -1.96. The molecule has 0 unspecified atom stereocenters. The molecule has 9 rings (SSSR count). The Bertz CT molecular complexity index is 2860. The molecule has 0 saturated carbocycles. The summed E-state index contributed by atoms with van der Waals surface area (Å²) in [5, 5.41) is 4.95. The number of allylic oxidation sites excluding steroid dienone is 5. The van der Waals surface area contributed by atoms with Crippen molar-refractivity contribution in [2.45, 2.75) is 20.3 Å². The molecule has 2 aromatic heterocycles. The summed E-state index contributed by atoms with van der Waals surface area (Å²) in [4.78, 5) is 0. The second-order valence-electron chi connectivity index (χ2n) is 14.0. The Labute approximate surface area is 310 Å². The number of hydrogen-bond donors (Lipinski definition) is 0. The number of fused-ring (bicyclic) bond motifs is 6. The van der Waals surface area contributed by atoms with Crippen LogP contribution in [-0.2, 0) is 6.42 Å². The summed E-state index contributed by atoms with van der Waals surface area (Å²) >= 11 is 0. The minimum absolute atomic E-state index is 0.843. The van der Waals surface area contributed by atoms with Crippen molar-refractivity contribution >= 4 is 54.9 Å². The van der Waals surface area contributed by atoms with E-state index in [9.17, 15) is 0 Å². The van der Waals surface area contributed by atoms with Gasteiger partial charge in [-0.15, -0.1) is 0 Å². The highest BCUT2D eigenvalue weighted by atomic mass is 15.0. The van der Waals surface area contributed by atoms with Crippen LogP contribution in [0.2, 0.25) is 0 Å². The van der Waals surface area contributed by atoms with Crippen molar-refractivity contribution in [2.24, 2.45) is 0 Å². The molecular weight excluding hydrogens is 641 g/mol. The molecule has 0 aliphatic rings. The summed E-state index contributed by atoms with van der Waals surface area (Å²) in [6.45, 7) is 8.62. The zero-order valence-electron chi connectivity index (χ0n) is 30.1. The molecular formula is C51H40N2. The van der Waals surface area contributed by atoms with Crippen LogP contribution in [0.5, 0.6) is 0 Å². The second kappa shape index (κ2) is 13.5. The maximum absolute atomic E-state index is 4.34. The molecule has 0 atom stereocenters. The van der Waals surface area contributed by atoms with Crippen molar-refractivity contribution in [2.75, 3.05) is 0 Å². The number of aryl methyl sites for hydroxylation is 2. The Balaban J connectivity index is 1.18. The molecule has 254 valence electrons. The molecule has 0 saturated heterocycles. The topological polar surface area (TPSA) is 9.86 Å². The molecule has 7 aromatic carbocycles. The predicted octanol–water partition coefficient (Wildman–Crippen LogP) is 13.5. The molecule has 0 amide bonds. The van der Waals surface area contributed by atoms with Gasteiger partial charge in [-0.1, -0.05) is 139 Å². The average molecular weight is 681 g/mol. The third-order valence-electron chi connectivity index (χ3n) is 10.5. The van der Waals surface area contributed by atoms with Gasteiger partial charge in [-0.3, -0.25) is 0 Å². The Morgan fingerprint density at radius 3 is 1.74 bits per heavy atom. The molecule has 0 aliphatic carbocycles. The summed E-state index contributed by atoms with van der Waals surface area (Å²) < 4.78 is 4.74. The van der Waals surface area contributed by atoms with E-state index >= 15 is 0 Å². The Hall–Kier alpha value is -6.64. The summed E-state index contributed by atoms with van der Waals surface area (Å²) in [6, 6.07) is 59.5. The third kappa shape index (κ3) is 5.89. The number of hydrogen-bond acceptors (Lipinski definition) is 0. The SMILES string of the molecule is C=C/C(=C\C(=C/Cc1ccc(C)cc1)c1ccc(C)cc1)n1c2ccccc2c2cc(-c3ccc4c(c3)c3ccccc3n4-c3ccccc3)ccc21. The summed E-state index contributed by atoms with van der Waals surface area (Å²) in [6.07, 6.45) is 7.47. The number of aromatic nitrogens is 2. The van der Waals surface area contributed by atoms with Gasteiger partial charge in [0.05, 0.1) is 22.1 Å². The summed E-state index contributed by atoms with van der Waals surface area (Å²) in [5.41, 5.74) is 15.5. The maximum atomic E-state index is 4.34. The van der Waals surface area contributed by atoms with Crippen LogP contribution in [0.3, 0.4) is 0 Å². The maximum Gasteiger partial charge on any atom is 0.0541 e. The van der Waals surface area contributed by atoms with Crippen molar-refractivity contribution in [1.82, 2.24) is 9.13 Å². The first-order chi connectivity index (χ1) is 26.1. The molecule has 9 aromatic rings. The lowest BCUT2D eigenvalue weighted by Gasteiger charge is -2.12. The third-order valence-corrected chi connectivity index (χ3v) is 10.5. The van der Waals surface area contributed by atoms with Crippen LogP contribution in [-0.4, -0.2) is 9.13 Å². The van der Waals surface area contributed by atoms with Gasteiger partial charge >= 0.3 is 0 Å². The largest absolute Gasteiger partial charge is 0.309 e. The molecule has 2 nitrogen and oxygen atoms in total. The van der Waals surface area contributed by atoms with Gasteiger partial charge in [0.15, 0.2) is 0 Å². The van der Waals surface area contributed by atoms with Crippen molar-refractivity contribution in [3.63, 3.8) is 0 Å². The first-order valence-electron chi connectivity index (χ1n) is 18.4. The van der Waals surface area contributed by atoms with E-state index < -0.39 is 0 Å². The zero-order chi connectivity index (χ0) is 35.9. The van der Waals surface area contributed by atoms with Crippen molar-refractivity contribution in [3.05, 3.63) is 211 Å². The predicted molar refractivity (Wildman–Crippen MR) is 228 cm³/mol. The van der Waals surface area contributed by atoms with Crippen LogP contribution < -0.4 is 0 Å². The van der Waals surface area contributed by atoms with Gasteiger partial charge in [0, 0.05) is 32.9 Å². The lowest BCUT2D eigenvalue weighted by molar-refractivity contribution is 1.18. The quantitative estimate of drug-likeness (QED) is 0.141. The molecule has 0 spiro atoms. The monoisotopic (exact) mass is 680 g/mol. The van der Waals surface area contributed by atoms with Gasteiger partial charge in [0.25, 0.3) is 0 Å². The number of para-hydroxylation sites is 3. The Kier molecular flexibility index (Phi) is 8.21. The molecule has 53 heavy (non-hydrogen) atoms. The van der Waals surface area contributed by atoms with Crippen molar-refractivity contribution in [1.29, 1.82) is 0 Å². The van der Waals surface area contributed by atoms with Gasteiger partial charge in [-0.05, 0) is 109 Å². The standard InChI is InChI=1S/C51H40N2/c1-4-42(32-39(38-25-20-36(3)21-26-38)27-24-37-22-18-35(2)19-23-37)52-48-16-10-8-14-44(48)46-33-40(28-30-50(46)52)41-29-31-51-47(34-41)45-15-9-11-17-49(45)53(51)43-12-6-5-7-13-43/h4-23,25-34H,1,24H2,2-3H3/b39-27+,42-32+. The number of rotatable bonds is 8. The van der Waals surface area contributed by atoms with E-state index in [0.29, 0.717) is 0 Å². The zero-order valence-corrected chi connectivity index (χ0v) is 30.1. The van der Waals surface area contributed by atoms with E-state index in [1.54, 1.807) is 0 Å². The van der Waals surface area contributed by atoms with E-state index in [4.69, 9.17) is 0 Å². The fraction of sp³-hybridized carbons (Fsp3) is 0.0588. The van der Waals surface area contributed by atoms with Gasteiger partial charge in [-0.25, -0.2) is 0 Å². The highest BCUT2D eigenvalue weighted by Crippen LogP contribution is 2.38. The normalized spacial score (nSPS) is 12.3. The van der Waals surface area contributed by atoms with Gasteiger partial charge < -0.3 is 9.13 Å². The minimum Gasteiger partial charge on any atom is -0.309 e. The number of benzene rings is 7. The Morgan fingerprint density at radius 1 is 0.528 bits per heavy atom. The number of nitrogens with zero attached hydrogens (tertiary/aromatic N) is 2. The second-order valence-corrected chi connectivity index (χ2v) is 14.0. The molecule has 2 heteroatoms. The van der Waals surface area contributed by atoms with E-state index in [0.717, 1.165) is 23.2 Å². The smallest absolute Gasteiger partial charge is 0.0541 e. The highest BCUT2D eigenvalue weighted by Gasteiger charge is 2.16. The summed E-state index contributed by atoms with van der Waals surface area (Å²) in [5.74, 6) is 0. The fourth-order valence-electron chi connectivity index (χ4n) is 7.77. The van der Waals surface area contributed by atoms with Gasteiger partial charge in [-0.2, -0.15) is 0 Å². The highest BCUT2D eigenvalue weighted by molar-refractivity contribution is 6.13. The van der Waals surface area contributed by atoms with Crippen LogP contribution in [0.1, 0.15) is 22.3 Å². The van der Waals surface area contributed by atoms with E-state index in [1.807, 2.05) is 6.08 Å². The first-order valence-corrected chi connectivity index (χ1v) is 18.4. The van der Waals surface area contributed by atoms with Crippen LogP contribution in [0.25, 0.3) is 71.7 Å². The molecule has 0 N–H and O–H groups in total. The molecule has 0 aliphatic heterocycles. The lowest BCUT2D eigenvalue weighted by atomic mass is 10.00. The Morgan fingerprint density at radius 2 is 1.06 bits per heavy atom. The molecule has 0 bridgehead atoms. The van der Waals surface area contributed by atoms with E-state index in [-0.39, 0.29) is 0 Å².